The van der Waals surface area contributed by atoms with E-state index in [1.807, 2.05) is 18.9 Å². The minimum Gasteiger partial charge on any atom is -0.383 e. The summed E-state index contributed by atoms with van der Waals surface area (Å²) in [6.45, 7) is 3.82. The Morgan fingerprint density at radius 3 is 2.84 bits per heavy atom. The summed E-state index contributed by atoms with van der Waals surface area (Å²) in [7, 11) is 5.29. The maximum absolute atomic E-state index is 12.0. The van der Waals surface area contributed by atoms with Crippen LogP contribution in [0.4, 0.5) is 5.95 Å². The topological polar surface area (TPSA) is 65.2 Å². The second-order valence-corrected chi connectivity index (χ2v) is 4.38. The predicted octanol–water partition coefficient (Wildman–Crippen LogP) is 0.233. The molecule has 19 heavy (non-hydrogen) atoms. The van der Waals surface area contributed by atoms with Gasteiger partial charge in [-0.05, 0) is 6.92 Å². The maximum Gasteiger partial charge on any atom is 0.330 e. The second-order valence-electron chi connectivity index (χ2n) is 4.38. The molecule has 0 aromatic carbocycles. The van der Waals surface area contributed by atoms with Crippen LogP contribution < -0.4 is 10.6 Å². The van der Waals surface area contributed by atoms with E-state index in [1.165, 1.54) is 0 Å². The minimum absolute atomic E-state index is 0.0662. The van der Waals surface area contributed by atoms with Gasteiger partial charge in [-0.15, -0.1) is 0 Å². The molecule has 0 unspecified atom stereocenters. The third-order valence-electron chi connectivity index (χ3n) is 3.16. The first kappa shape index (κ1) is 13.5. The zero-order valence-corrected chi connectivity index (χ0v) is 11.8. The van der Waals surface area contributed by atoms with Crippen molar-refractivity contribution in [3.63, 3.8) is 0 Å². The van der Waals surface area contributed by atoms with Gasteiger partial charge in [0, 0.05) is 34.3 Å². The normalized spacial score (nSPS) is 11.2. The first-order valence-electron chi connectivity index (χ1n) is 6.22. The van der Waals surface area contributed by atoms with Gasteiger partial charge in [-0.25, -0.2) is 9.78 Å². The number of ether oxygens (including phenoxy) is 1. The van der Waals surface area contributed by atoms with Crippen molar-refractivity contribution >= 4 is 17.1 Å². The van der Waals surface area contributed by atoms with Gasteiger partial charge < -0.3 is 9.64 Å². The smallest absolute Gasteiger partial charge is 0.330 e. The molecule has 2 aromatic rings. The van der Waals surface area contributed by atoms with Gasteiger partial charge in [0.25, 0.3) is 0 Å². The highest BCUT2D eigenvalue weighted by Crippen LogP contribution is 2.13. The summed E-state index contributed by atoms with van der Waals surface area (Å²) in [6, 6.07) is 0. The molecule has 0 fully saturated rings. The fourth-order valence-electron chi connectivity index (χ4n) is 1.96. The molecular weight excluding hydrogens is 246 g/mol. The summed E-state index contributed by atoms with van der Waals surface area (Å²) in [4.78, 5) is 22.7. The Hall–Kier alpha value is -1.89. The van der Waals surface area contributed by atoms with E-state index >= 15 is 0 Å². The lowest BCUT2D eigenvalue weighted by atomic mass is 10.5. The van der Waals surface area contributed by atoms with Crippen LogP contribution in [-0.4, -0.2) is 46.4 Å². The van der Waals surface area contributed by atoms with E-state index in [0.717, 1.165) is 5.52 Å². The number of hydrogen-bond acceptors (Lipinski definition) is 5. The molecule has 0 saturated heterocycles. The number of rotatable bonds is 5. The first-order chi connectivity index (χ1) is 9.10. The third kappa shape index (κ3) is 2.33. The number of aryl methyl sites for hydroxylation is 2. The Labute approximate surface area is 111 Å². The number of aromatic nitrogens is 4. The van der Waals surface area contributed by atoms with Crippen molar-refractivity contribution in [2.24, 2.45) is 7.05 Å². The lowest BCUT2D eigenvalue weighted by Gasteiger charge is -2.16. The molecule has 104 valence electrons. The molecular formula is C12H19N5O2. The summed E-state index contributed by atoms with van der Waals surface area (Å²) in [5, 5.41) is 0. The molecule has 7 nitrogen and oxygen atoms in total. The van der Waals surface area contributed by atoms with Gasteiger partial charge >= 0.3 is 5.69 Å². The monoisotopic (exact) mass is 265 g/mol. The zero-order chi connectivity index (χ0) is 14.0. The highest BCUT2D eigenvalue weighted by molar-refractivity contribution is 5.71. The fourth-order valence-corrected chi connectivity index (χ4v) is 1.96. The van der Waals surface area contributed by atoms with E-state index in [4.69, 9.17) is 4.74 Å². The Balaban J connectivity index is 2.48. The molecule has 0 atom stereocenters. The zero-order valence-electron chi connectivity index (χ0n) is 11.8. The number of likely N-dealkylation sites (N-methyl/N-ethyl adjacent to an activating group) is 1. The van der Waals surface area contributed by atoms with Crippen LogP contribution in [-0.2, 0) is 18.3 Å². The standard InChI is InChI=1S/C12H19N5O2/c1-5-17-10-9(16(3)12(17)18)8-13-11(14-10)15(2)6-7-19-4/h8H,5-7H2,1-4H3. The van der Waals surface area contributed by atoms with E-state index in [2.05, 4.69) is 9.97 Å². The molecule has 0 amide bonds. The molecule has 0 spiro atoms. The Kier molecular flexibility index (Phi) is 3.84. The van der Waals surface area contributed by atoms with E-state index in [9.17, 15) is 4.79 Å². The van der Waals surface area contributed by atoms with Crippen molar-refractivity contribution in [1.82, 2.24) is 19.1 Å². The molecule has 0 radical (unpaired) electrons. The van der Waals surface area contributed by atoms with Crippen LogP contribution >= 0.6 is 0 Å². The van der Waals surface area contributed by atoms with Crippen LogP contribution in [0.3, 0.4) is 0 Å². The van der Waals surface area contributed by atoms with Crippen LogP contribution in [0, 0.1) is 0 Å². The van der Waals surface area contributed by atoms with Gasteiger partial charge in [0.15, 0.2) is 5.65 Å². The number of imidazole rings is 1. The summed E-state index contributed by atoms with van der Waals surface area (Å²) < 4.78 is 8.24. The molecule has 0 N–H and O–H groups in total. The van der Waals surface area contributed by atoms with E-state index < -0.39 is 0 Å². The van der Waals surface area contributed by atoms with Crippen LogP contribution in [0.1, 0.15) is 6.92 Å². The molecule has 0 aliphatic rings. The number of fused-ring (bicyclic) bond motifs is 1. The lowest BCUT2D eigenvalue weighted by molar-refractivity contribution is 0.206. The molecule has 0 saturated carbocycles. The Morgan fingerprint density at radius 2 is 2.21 bits per heavy atom. The first-order valence-corrected chi connectivity index (χ1v) is 6.22. The van der Waals surface area contributed by atoms with Crippen molar-refractivity contribution in [1.29, 1.82) is 0 Å². The van der Waals surface area contributed by atoms with Gasteiger partial charge in [0.2, 0.25) is 5.95 Å². The molecule has 7 heteroatoms. The Morgan fingerprint density at radius 1 is 1.47 bits per heavy atom. The van der Waals surface area contributed by atoms with Crippen molar-refractivity contribution in [3.8, 4) is 0 Å². The van der Waals surface area contributed by atoms with Crippen LogP contribution in [0.2, 0.25) is 0 Å². The second kappa shape index (κ2) is 5.40. The van der Waals surface area contributed by atoms with Crippen LogP contribution in [0.25, 0.3) is 11.2 Å². The van der Waals surface area contributed by atoms with Gasteiger partial charge in [0.1, 0.15) is 5.52 Å². The summed E-state index contributed by atoms with van der Waals surface area (Å²) >= 11 is 0. The SMILES string of the molecule is CCn1c(=O)n(C)c2cnc(N(C)CCOC)nc21. The highest BCUT2D eigenvalue weighted by Gasteiger charge is 2.13. The van der Waals surface area contributed by atoms with E-state index in [-0.39, 0.29) is 5.69 Å². The van der Waals surface area contributed by atoms with Crippen molar-refractivity contribution in [2.75, 3.05) is 32.2 Å². The number of anilines is 1. The minimum atomic E-state index is -0.0662. The molecule has 0 bridgehead atoms. The van der Waals surface area contributed by atoms with Crippen LogP contribution in [0.5, 0.6) is 0 Å². The molecule has 0 aliphatic carbocycles. The van der Waals surface area contributed by atoms with E-state index in [1.54, 1.807) is 29.5 Å². The van der Waals surface area contributed by atoms with Crippen LogP contribution in [0.15, 0.2) is 11.0 Å². The highest BCUT2D eigenvalue weighted by atomic mass is 16.5. The predicted molar refractivity (Wildman–Crippen MR) is 73.6 cm³/mol. The average molecular weight is 265 g/mol. The lowest BCUT2D eigenvalue weighted by Crippen LogP contribution is -2.24. The maximum atomic E-state index is 12.0. The number of nitrogens with zero attached hydrogens (tertiary/aromatic N) is 5. The van der Waals surface area contributed by atoms with Gasteiger partial charge in [0.05, 0.1) is 12.8 Å². The van der Waals surface area contributed by atoms with Gasteiger partial charge in [-0.1, -0.05) is 0 Å². The van der Waals surface area contributed by atoms with Gasteiger partial charge in [-0.3, -0.25) is 9.13 Å². The molecule has 2 rings (SSSR count). The summed E-state index contributed by atoms with van der Waals surface area (Å²) in [6.07, 6.45) is 1.69. The largest absolute Gasteiger partial charge is 0.383 e. The van der Waals surface area contributed by atoms with E-state index in [0.29, 0.717) is 31.3 Å². The summed E-state index contributed by atoms with van der Waals surface area (Å²) in [5.74, 6) is 0.595. The van der Waals surface area contributed by atoms with Crippen molar-refractivity contribution in [2.45, 2.75) is 13.5 Å². The number of hydrogen-bond donors (Lipinski definition) is 0. The summed E-state index contributed by atoms with van der Waals surface area (Å²) in [5.41, 5.74) is 1.35. The quantitative estimate of drug-likeness (QED) is 0.774. The Bertz CT molecular complexity index is 631. The molecule has 2 heterocycles. The van der Waals surface area contributed by atoms with Crippen molar-refractivity contribution < 1.29 is 4.74 Å². The van der Waals surface area contributed by atoms with Crippen molar-refractivity contribution in [3.05, 3.63) is 16.7 Å². The molecule has 2 aromatic heterocycles. The third-order valence-corrected chi connectivity index (χ3v) is 3.16. The number of methoxy groups -OCH3 is 1. The fraction of sp³-hybridized carbons (Fsp3) is 0.583. The van der Waals surface area contributed by atoms with Gasteiger partial charge in [-0.2, -0.15) is 4.98 Å². The molecule has 0 aliphatic heterocycles. The average Bonchev–Trinajstić information content (AvgIpc) is 2.67.